The van der Waals surface area contributed by atoms with Crippen molar-refractivity contribution in [3.05, 3.63) is 77.7 Å². The van der Waals surface area contributed by atoms with Crippen molar-refractivity contribution >= 4 is 11.8 Å². The number of nitrogens with zero attached hydrogens (tertiary/aromatic N) is 3. The molecule has 0 unspecified atom stereocenters. The van der Waals surface area contributed by atoms with Gasteiger partial charge in [0.05, 0.1) is 17.5 Å². The normalized spacial score (nSPS) is 10.6. The summed E-state index contributed by atoms with van der Waals surface area (Å²) in [5, 5.41) is 4.19. The predicted octanol–water partition coefficient (Wildman–Crippen LogP) is 4.23. The molecule has 27 heavy (non-hydrogen) atoms. The number of halogens is 1. The zero-order valence-corrected chi connectivity index (χ0v) is 15.2. The fraction of sp³-hybridized carbons (Fsp3) is 0.190. The zero-order valence-electron chi connectivity index (χ0n) is 15.2. The molecular weight excluding hydrogens is 345 g/mol. The highest BCUT2D eigenvalue weighted by molar-refractivity contribution is 6.13. The van der Waals surface area contributed by atoms with E-state index in [0.29, 0.717) is 35.5 Å². The Hall–Kier alpha value is -3.28. The molecule has 0 aliphatic carbocycles. The molecule has 0 radical (unpaired) electrons. The highest BCUT2D eigenvalue weighted by atomic mass is 19.1. The molecular formula is C21H20FN3O2. The van der Waals surface area contributed by atoms with Crippen molar-refractivity contribution in [3.63, 3.8) is 0 Å². The highest BCUT2D eigenvalue weighted by Gasteiger charge is 2.25. The van der Waals surface area contributed by atoms with Gasteiger partial charge in [-0.05, 0) is 38.1 Å². The zero-order chi connectivity index (χ0) is 19.4. The summed E-state index contributed by atoms with van der Waals surface area (Å²) in [6.07, 6.45) is 1.40. The number of aromatic nitrogens is 2. The van der Waals surface area contributed by atoms with Crippen LogP contribution in [-0.4, -0.2) is 39.6 Å². The van der Waals surface area contributed by atoms with Crippen LogP contribution >= 0.6 is 0 Å². The van der Waals surface area contributed by atoms with Gasteiger partial charge in [-0.15, -0.1) is 0 Å². The van der Waals surface area contributed by atoms with Gasteiger partial charge in [-0.1, -0.05) is 30.3 Å². The maximum absolute atomic E-state index is 13.4. The molecule has 5 nitrogen and oxygen atoms in total. The average Bonchev–Trinajstić information content (AvgIpc) is 3.14. The van der Waals surface area contributed by atoms with E-state index in [1.54, 1.807) is 41.3 Å². The summed E-state index contributed by atoms with van der Waals surface area (Å²) in [4.78, 5) is 27.5. The Labute approximate surface area is 157 Å². The molecule has 0 N–H and O–H groups in total. The first-order chi connectivity index (χ1) is 13.1. The number of carbonyl (C=O) groups excluding carboxylic acids is 2. The van der Waals surface area contributed by atoms with Gasteiger partial charge in [-0.3, -0.25) is 4.79 Å². The number of ketones is 1. The van der Waals surface area contributed by atoms with Crippen LogP contribution in [0.5, 0.6) is 0 Å². The van der Waals surface area contributed by atoms with Gasteiger partial charge in [0, 0.05) is 24.2 Å². The summed E-state index contributed by atoms with van der Waals surface area (Å²) in [6.45, 7) is 4.77. The highest BCUT2D eigenvalue weighted by Crippen LogP contribution is 2.27. The van der Waals surface area contributed by atoms with Crippen molar-refractivity contribution in [1.82, 2.24) is 14.7 Å². The van der Waals surface area contributed by atoms with Gasteiger partial charge in [-0.2, -0.15) is 9.78 Å². The third kappa shape index (κ3) is 3.65. The number of hydrogen-bond donors (Lipinski definition) is 0. The first-order valence-corrected chi connectivity index (χ1v) is 8.79. The minimum absolute atomic E-state index is 0.242. The van der Waals surface area contributed by atoms with E-state index in [0.717, 1.165) is 0 Å². The van der Waals surface area contributed by atoms with Crippen LogP contribution in [0, 0.1) is 5.82 Å². The van der Waals surface area contributed by atoms with Crippen LogP contribution in [0.15, 0.2) is 60.8 Å². The molecule has 0 fully saturated rings. The first kappa shape index (κ1) is 18.5. The molecule has 0 saturated carbocycles. The van der Waals surface area contributed by atoms with Gasteiger partial charge >= 0.3 is 6.03 Å². The van der Waals surface area contributed by atoms with Gasteiger partial charge < -0.3 is 4.90 Å². The predicted molar refractivity (Wildman–Crippen MR) is 101 cm³/mol. The van der Waals surface area contributed by atoms with Crippen LogP contribution in [0.4, 0.5) is 9.18 Å². The molecule has 1 amide bonds. The van der Waals surface area contributed by atoms with E-state index in [1.165, 1.54) is 23.0 Å². The number of benzene rings is 2. The molecule has 0 spiro atoms. The van der Waals surface area contributed by atoms with Crippen molar-refractivity contribution in [1.29, 1.82) is 0 Å². The summed E-state index contributed by atoms with van der Waals surface area (Å²) in [5.74, 6) is -0.635. The number of amides is 1. The van der Waals surface area contributed by atoms with Crippen LogP contribution in [0.1, 0.15) is 29.8 Å². The van der Waals surface area contributed by atoms with E-state index in [9.17, 15) is 14.0 Å². The molecule has 0 bridgehead atoms. The molecule has 0 atom stereocenters. The van der Waals surface area contributed by atoms with Crippen molar-refractivity contribution in [3.8, 4) is 11.3 Å². The van der Waals surface area contributed by atoms with Gasteiger partial charge in [0.15, 0.2) is 5.78 Å². The summed E-state index contributed by atoms with van der Waals surface area (Å²) in [5.41, 5.74) is 1.71. The summed E-state index contributed by atoms with van der Waals surface area (Å²) in [7, 11) is 0. The lowest BCUT2D eigenvalue weighted by Crippen LogP contribution is -2.35. The lowest BCUT2D eigenvalue weighted by Gasteiger charge is -2.19. The maximum atomic E-state index is 13.4. The Balaban J connectivity index is 2.16. The van der Waals surface area contributed by atoms with Crippen molar-refractivity contribution in [2.24, 2.45) is 0 Å². The Morgan fingerprint density at radius 2 is 1.63 bits per heavy atom. The van der Waals surface area contributed by atoms with E-state index in [1.807, 2.05) is 19.9 Å². The second-order valence-corrected chi connectivity index (χ2v) is 5.98. The minimum atomic E-state index is -0.393. The molecule has 138 valence electrons. The molecule has 1 heterocycles. The molecule has 6 heteroatoms. The van der Waals surface area contributed by atoms with Crippen LogP contribution < -0.4 is 0 Å². The van der Waals surface area contributed by atoms with Crippen LogP contribution in [-0.2, 0) is 0 Å². The van der Waals surface area contributed by atoms with Crippen LogP contribution in [0.25, 0.3) is 11.3 Å². The van der Waals surface area contributed by atoms with Gasteiger partial charge in [0.1, 0.15) is 5.82 Å². The fourth-order valence-electron chi connectivity index (χ4n) is 2.92. The molecule has 3 aromatic rings. The van der Waals surface area contributed by atoms with E-state index >= 15 is 0 Å². The molecule has 0 aliphatic heterocycles. The summed E-state index contributed by atoms with van der Waals surface area (Å²) < 4.78 is 14.6. The lowest BCUT2D eigenvalue weighted by molar-refractivity contribution is 0.103. The third-order valence-electron chi connectivity index (χ3n) is 4.38. The lowest BCUT2D eigenvalue weighted by atomic mass is 10.00. The Morgan fingerprint density at radius 3 is 2.22 bits per heavy atom. The smallest absolute Gasteiger partial charge is 0.323 e. The second-order valence-electron chi connectivity index (χ2n) is 5.98. The Bertz CT molecular complexity index is 945. The van der Waals surface area contributed by atoms with E-state index < -0.39 is 5.82 Å². The largest absolute Gasteiger partial charge is 0.345 e. The first-order valence-electron chi connectivity index (χ1n) is 8.79. The number of rotatable bonds is 5. The van der Waals surface area contributed by atoms with Crippen molar-refractivity contribution < 1.29 is 14.0 Å². The molecule has 3 rings (SSSR count). The molecule has 0 aliphatic rings. The molecule has 2 aromatic carbocycles. The topological polar surface area (TPSA) is 55.2 Å². The summed E-state index contributed by atoms with van der Waals surface area (Å²) >= 11 is 0. The second kappa shape index (κ2) is 7.95. The molecule has 1 aromatic heterocycles. The Kier molecular flexibility index (Phi) is 5.45. The third-order valence-corrected chi connectivity index (χ3v) is 4.38. The number of carbonyl (C=O) groups is 2. The standard InChI is InChI=1S/C21H20FN3O2/c1-3-24(4-2)21(27)25-19(15-10-12-17(22)13-11-15)18(14-23-25)20(26)16-8-6-5-7-9-16/h5-14H,3-4H2,1-2H3. The molecule has 0 saturated heterocycles. The maximum Gasteiger partial charge on any atom is 0.345 e. The Morgan fingerprint density at radius 1 is 1.00 bits per heavy atom. The van der Waals surface area contributed by atoms with E-state index in [-0.39, 0.29) is 11.8 Å². The van der Waals surface area contributed by atoms with Gasteiger partial charge in [0.25, 0.3) is 0 Å². The van der Waals surface area contributed by atoms with Gasteiger partial charge in [-0.25, -0.2) is 9.18 Å². The van der Waals surface area contributed by atoms with E-state index in [4.69, 9.17) is 0 Å². The SMILES string of the molecule is CCN(CC)C(=O)n1ncc(C(=O)c2ccccc2)c1-c1ccc(F)cc1. The summed E-state index contributed by atoms with van der Waals surface area (Å²) in [6, 6.07) is 14.1. The monoisotopic (exact) mass is 365 g/mol. The average molecular weight is 365 g/mol. The van der Waals surface area contributed by atoms with E-state index in [2.05, 4.69) is 5.10 Å². The number of hydrogen-bond acceptors (Lipinski definition) is 3. The van der Waals surface area contributed by atoms with Crippen LogP contribution in [0.2, 0.25) is 0 Å². The van der Waals surface area contributed by atoms with Crippen LogP contribution in [0.3, 0.4) is 0 Å². The minimum Gasteiger partial charge on any atom is -0.323 e. The van der Waals surface area contributed by atoms with Gasteiger partial charge in [0.2, 0.25) is 0 Å². The van der Waals surface area contributed by atoms with Crippen molar-refractivity contribution in [2.45, 2.75) is 13.8 Å². The fourth-order valence-corrected chi connectivity index (χ4v) is 2.92. The van der Waals surface area contributed by atoms with Crippen molar-refractivity contribution in [2.75, 3.05) is 13.1 Å². The quantitative estimate of drug-likeness (QED) is 0.636.